The van der Waals surface area contributed by atoms with Crippen molar-refractivity contribution in [1.82, 2.24) is 0 Å². The van der Waals surface area contributed by atoms with Gasteiger partial charge in [0.1, 0.15) is 67.8 Å². The predicted octanol–water partition coefficient (Wildman–Crippen LogP) is -9.14. The molecular weight excluding hydrogens is 608 g/mol. The summed E-state index contributed by atoms with van der Waals surface area (Å²) < 4.78 is 34.3. The molecule has 0 aromatic heterocycles. The lowest BCUT2D eigenvalue weighted by Crippen LogP contribution is -2.68. The van der Waals surface area contributed by atoms with Gasteiger partial charge in [0.2, 0.25) is 0 Å². The van der Waals surface area contributed by atoms with E-state index in [9.17, 15) is 40.9 Å². The summed E-state index contributed by atoms with van der Waals surface area (Å²) in [7, 11) is 0. The van der Waals surface area contributed by atoms with Crippen molar-refractivity contribution in [2.45, 2.75) is 135 Å². The Hall–Kier alpha value is -0.800. The molecule has 0 aromatic carbocycles. The number of aliphatic hydroxyl groups excluding tert-OH is 8. The Balaban J connectivity index is 1.41. The minimum atomic E-state index is -1.49. The second-order valence-corrected chi connectivity index (χ2v) is 12.3. The van der Waals surface area contributed by atoms with Crippen LogP contribution in [0, 0.1) is 0 Å². The Kier molecular flexibility index (Phi) is 12.8. The van der Waals surface area contributed by atoms with Crippen molar-refractivity contribution in [3.8, 4) is 0 Å². The zero-order valence-electron chi connectivity index (χ0n) is 24.6. The molecule has 4 aliphatic rings. The number of rotatable bonds is 10. The molecule has 45 heavy (non-hydrogen) atoms. The molecule has 2 saturated carbocycles. The zero-order valence-corrected chi connectivity index (χ0v) is 24.6. The molecule has 4 fully saturated rings. The maximum absolute atomic E-state index is 10.8. The molecule has 0 radical (unpaired) electrons. The van der Waals surface area contributed by atoms with Crippen LogP contribution in [0.1, 0.15) is 12.8 Å². The quantitative estimate of drug-likeness (QED) is 0.0968. The van der Waals surface area contributed by atoms with Gasteiger partial charge in [-0.3, -0.25) is 0 Å². The van der Waals surface area contributed by atoms with Crippen molar-refractivity contribution in [2.24, 2.45) is 34.4 Å². The standard InChI is InChI=1S/C25H50N6O14/c26-6-1-8(28)20(18(38)14(6)34)44-24-12(30)22(16(36)10(3-32)42-24)40-5-41-23-13(31)25(43-11(4-33)17(23)37)45-21-9(29)2-7(27)15(35)19(21)39/h6-25,32-39H,1-5,26-31H2/t6-,7+,8?,9?,10?,11?,12?,13?,14?,15?,16+,17-,18-,19+,20+,21-,22-,23+,24+,25-. The first-order chi connectivity index (χ1) is 21.2. The summed E-state index contributed by atoms with van der Waals surface area (Å²) in [6, 6.07) is -5.64. The van der Waals surface area contributed by atoms with E-state index in [0.717, 1.165) is 0 Å². The minimum absolute atomic E-state index is 0.123. The van der Waals surface area contributed by atoms with Crippen molar-refractivity contribution >= 4 is 0 Å². The van der Waals surface area contributed by atoms with Crippen LogP contribution in [-0.4, -0.2) is 183 Å². The summed E-state index contributed by atoms with van der Waals surface area (Å²) in [4.78, 5) is 0. The number of aliphatic hydroxyl groups is 8. The van der Waals surface area contributed by atoms with Crippen LogP contribution in [0.3, 0.4) is 0 Å². The monoisotopic (exact) mass is 658 g/mol. The highest BCUT2D eigenvalue weighted by molar-refractivity contribution is 5.01. The molecule has 20 heteroatoms. The molecule has 20 N–H and O–H groups in total. The summed E-state index contributed by atoms with van der Waals surface area (Å²) in [5.74, 6) is 0. The second-order valence-electron chi connectivity index (χ2n) is 12.3. The van der Waals surface area contributed by atoms with E-state index in [1.165, 1.54) is 0 Å². The van der Waals surface area contributed by atoms with E-state index in [1.807, 2.05) is 0 Å². The second kappa shape index (κ2) is 15.6. The van der Waals surface area contributed by atoms with E-state index < -0.39 is 142 Å². The van der Waals surface area contributed by atoms with Crippen LogP contribution < -0.4 is 34.4 Å². The summed E-state index contributed by atoms with van der Waals surface area (Å²) in [6.45, 7) is -1.98. The van der Waals surface area contributed by atoms with Gasteiger partial charge >= 0.3 is 0 Å². The number of hydrogen-bond donors (Lipinski definition) is 14. The van der Waals surface area contributed by atoms with E-state index in [-0.39, 0.29) is 12.8 Å². The zero-order chi connectivity index (χ0) is 33.3. The van der Waals surface area contributed by atoms with Gasteiger partial charge in [-0.2, -0.15) is 0 Å². The summed E-state index contributed by atoms with van der Waals surface area (Å²) in [6.07, 6.45) is -18.5. The topological polar surface area (TPSA) is 373 Å². The van der Waals surface area contributed by atoms with Crippen molar-refractivity contribution in [3.05, 3.63) is 0 Å². The Morgan fingerprint density at radius 3 is 1.18 bits per heavy atom. The fraction of sp³-hybridized carbons (Fsp3) is 1.00. The Morgan fingerprint density at radius 2 is 0.844 bits per heavy atom. The lowest BCUT2D eigenvalue weighted by molar-refractivity contribution is -0.320. The molecule has 0 aromatic rings. The lowest BCUT2D eigenvalue weighted by Gasteiger charge is -2.47. The third kappa shape index (κ3) is 7.76. The summed E-state index contributed by atoms with van der Waals surface area (Å²) >= 11 is 0. The summed E-state index contributed by atoms with van der Waals surface area (Å²) in [5.41, 5.74) is 36.4. The first kappa shape index (κ1) is 37.0. The molecule has 0 bridgehead atoms. The van der Waals surface area contributed by atoms with E-state index >= 15 is 0 Å². The number of hydrogen-bond acceptors (Lipinski definition) is 20. The molecule has 20 atom stereocenters. The van der Waals surface area contributed by atoms with Crippen molar-refractivity contribution in [2.75, 3.05) is 20.0 Å². The fourth-order valence-electron chi connectivity index (χ4n) is 6.29. The molecule has 0 amide bonds. The molecule has 264 valence electrons. The molecule has 2 heterocycles. The SMILES string of the molecule is NC1C[C@H](N)C(O)[C@H](O)[C@@H]1O[C@H]1OC(CO)[C@@H](O)[C@@H](OCO[C@@H]2C(N)[C@H](O[C@H]3C(N)C[C@@H](N)C(O)[C@H]3O)OC(CO)[C@@H]2O)C1N. The summed E-state index contributed by atoms with van der Waals surface area (Å²) in [5, 5.41) is 82.6. The van der Waals surface area contributed by atoms with Crippen LogP contribution >= 0.6 is 0 Å². The van der Waals surface area contributed by atoms with Gasteiger partial charge in [-0.05, 0) is 12.8 Å². The van der Waals surface area contributed by atoms with Gasteiger partial charge < -0.3 is 104 Å². The average Bonchev–Trinajstić information content (AvgIpc) is 3.00. The molecule has 2 aliphatic heterocycles. The number of ether oxygens (including phenoxy) is 6. The van der Waals surface area contributed by atoms with Crippen molar-refractivity contribution < 1.29 is 69.3 Å². The maximum atomic E-state index is 10.8. The van der Waals surface area contributed by atoms with E-state index in [0.29, 0.717) is 0 Å². The van der Waals surface area contributed by atoms with Crippen LogP contribution in [0.2, 0.25) is 0 Å². The van der Waals surface area contributed by atoms with Crippen LogP contribution in [0.25, 0.3) is 0 Å². The Morgan fingerprint density at radius 1 is 0.489 bits per heavy atom. The fourth-order valence-corrected chi connectivity index (χ4v) is 6.29. The van der Waals surface area contributed by atoms with Crippen LogP contribution in [0.15, 0.2) is 0 Å². The highest BCUT2D eigenvalue weighted by atomic mass is 16.7. The Bertz CT molecular complexity index is 865. The van der Waals surface area contributed by atoms with E-state index in [2.05, 4.69) is 0 Å². The molecule has 0 spiro atoms. The average molecular weight is 659 g/mol. The van der Waals surface area contributed by atoms with Gasteiger partial charge in [0.25, 0.3) is 0 Å². The molecule has 2 aliphatic carbocycles. The van der Waals surface area contributed by atoms with Crippen LogP contribution in [-0.2, 0) is 28.4 Å². The van der Waals surface area contributed by atoms with E-state index in [4.69, 9.17) is 62.8 Å². The molecule has 4 rings (SSSR count). The van der Waals surface area contributed by atoms with E-state index in [1.54, 1.807) is 0 Å². The van der Waals surface area contributed by atoms with Gasteiger partial charge in [-0.25, -0.2) is 0 Å². The van der Waals surface area contributed by atoms with Crippen molar-refractivity contribution in [1.29, 1.82) is 0 Å². The lowest BCUT2D eigenvalue weighted by atomic mass is 9.84. The maximum Gasteiger partial charge on any atom is 0.176 e. The van der Waals surface area contributed by atoms with Crippen LogP contribution in [0.5, 0.6) is 0 Å². The van der Waals surface area contributed by atoms with Gasteiger partial charge in [0.15, 0.2) is 12.6 Å². The highest BCUT2D eigenvalue weighted by Crippen LogP contribution is 2.31. The minimum Gasteiger partial charge on any atom is -0.394 e. The smallest absolute Gasteiger partial charge is 0.176 e. The normalized spacial score (nSPS) is 52.9. The van der Waals surface area contributed by atoms with Gasteiger partial charge in [-0.15, -0.1) is 0 Å². The third-order valence-corrected chi connectivity index (χ3v) is 9.09. The van der Waals surface area contributed by atoms with Crippen LogP contribution in [0.4, 0.5) is 0 Å². The Labute approximate surface area is 259 Å². The van der Waals surface area contributed by atoms with Gasteiger partial charge in [0, 0.05) is 24.2 Å². The molecule has 20 nitrogen and oxygen atoms in total. The van der Waals surface area contributed by atoms with Gasteiger partial charge in [-0.1, -0.05) is 0 Å². The van der Waals surface area contributed by atoms with Gasteiger partial charge in [0.05, 0.1) is 37.5 Å². The predicted molar refractivity (Wildman–Crippen MR) is 149 cm³/mol. The molecule has 2 saturated heterocycles. The largest absolute Gasteiger partial charge is 0.394 e. The number of nitrogens with two attached hydrogens (primary N) is 6. The van der Waals surface area contributed by atoms with Crippen molar-refractivity contribution in [3.63, 3.8) is 0 Å². The third-order valence-electron chi connectivity index (χ3n) is 9.09. The molecule has 8 unspecified atom stereocenters. The first-order valence-electron chi connectivity index (χ1n) is 14.9. The molecular formula is C25H50N6O14. The first-order valence-corrected chi connectivity index (χ1v) is 14.9. The highest BCUT2D eigenvalue weighted by Gasteiger charge is 2.51.